The average Bonchev–Trinajstić information content (AvgIpc) is 3.20. The first-order chi connectivity index (χ1) is 13.0. The average molecular weight is 366 g/mol. The third kappa shape index (κ3) is 3.13. The van der Waals surface area contributed by atoms with Gasteiger partial charge < -0.3 is 9.80 Å². The molecule has 3 heterocycles. The van der Waals surface area contributed by atoms with E-state index in [9.17, 15) is 9.59 Å². The van der Waals surface area contributed by atoms with Crippen molar-refractivity contribution >= 4 is 11.8 Å². The molecule has 2 aliphatic heterocycles. The van der Waals surface area contributed by atoms with Crippen molar-refractivity contribution in [2.75, 3.05) is 20.1 Å². The number of aromatic nitrogens is 2. The van der Waals surface area contributed by atoms with Crippen molar-refractivity contribution in [3.63, 3.8) is 0 Å². The molecule has 0 radical (unpaired) electrons. The summed E-state index contributed by atoms with van der Waals surface area (Å²) in [6.45, 7) is 3.62. The fraction of sp³-hybridized carbons (Fsp3) is 0.476. The Morgan fingerprint density at radius 2 is 1.89 bits per heavy atom. The minimum Gasteiger partial charge on any atom is -0.341 e. The normalized spacial score (nSPS) is 21.9. The van der Waals surface area contributed by atoms with Crippen LogP contribution in [0, 0.1) is 6.92 Å². The molecule has 4 rings (SSSR count). The van der Waals surface area contributed by atoms with Crippen molar-refractivity contribution in [1.29, 1.82) is 0 Å². The second kappa shape index (κ2) is 6.83. The molecule has 2 aromatic rings. The van der Waals surface area contributed by atoms with Gasteiger partial charge >= 0.3 is 0 Å². The van der Waals surface area contributed by atoms with Crippen molar-refractivity contribution in [2.24, 2.45) is 0 Å². The lowest BCUT2D eigenvalue weighted by molar-refractivity contribution is -0.136. The Morgan fingerprint density at radius 1 is 1.19 bits per heavy atom. The van der Waals surface area contributed by atoms with Crippen LogP contribution < -0.4 is 0 Å². The maximum Gasteiger partial charge on any atom is 0.244 e. The number of benzene rings is 1. The van der Waals surface area contributed by atoms with Gasteiger partial charge in [0, 0.05) is 37.6 Å². The van der Waals surface area contributed by atoms with Gasteiger partial charge in [0.05, 0.1) is 5.92 Å². The number of amides is 2. The van der Waals surface area contributed by atoms with Crippen molar-refractivity contribution in [1.82, 2.24) is 19.6 Å². The molecular formula is C21H26N4O2. The highest BCUT2D eigenvalue weighted by Gasteiger charge is 2.50. The monoisotopic (exact) mass is 366 g/mol. The Kier molecular flexibility index (Phi) is 4.50. The van der Waals surface area contributed by atoms with Crippen LogP contribution in [0.5, 0.6) is 0 Å². The first-order valence-electron chi connectivity index (χ1n) is 9.59. The predicted molar refractivity (Wildman–Crippen MR) is 102 cm³/mol. The van der Waals surface area contributed by atoms with Gasteiger partial charge in [-0.1, -0.05) is 30.3 Å². The highest BCUT2D eigenvalue weighted by molar-refractivity contribution is 5.87. The molecule has 1 atom stereocenters. The van der Waals surface area contributed by atoms with Crippen LogP contribution in [0.4, 0.5) is 0 Å². The van der Waals surface area contributed by atoms with Crippen LogP contribution in [-0.2, 0) is 16.1 Å². The number of rotatable bonds is 3. The molecule has 1 aromatic heterocycles. The van der Waals surface area contributed by atoms with E-state index in [2.05, 4.69) is 5.10 Å². The van der Waals surface area contributed by atoms with Crippen molar-refractivity contribution in [3.05, 3.63) is 53.9 Å². The molecule has 2 fully saturated rings. The third-order valence-corrected chi connectivity index (χ3v) is 6.39. The zero-order chi connectivity index (χ0) is 19.0. The molecule has 1 aromatic carbocycles. The Balaban J connectivity index is 1.43. The zero-order valence-electron chi connectivity index (χ0n) is 16.0. The summed E-state index contributed by atoms with van der Waals surface area (Å²) in [6, 6.07) is 12.0. The Labute approximate surface area is 159 Å². The minimum atomic E-state index is -0.129. The van der Waals surface area contributed by atoms with E-state index in [0.29, 0.717) is 13.1 Å². The second-order valence-corrected chi connectivity index (χ2v) is 7.80. The van der Waals surface area contributed by atoms with E-state index in [4.69, 9.17) is 0 Å². The predicted octanol–water partition coefficient (Wildman–Crippen LogP) is 2.20. The van der Waals surface area contributed by atoms with Gasteiger partial charge in [0.15, 0.2) is 0 Å². The van der Waals surface area contributed by atoms with Crippen LogP contribution in [0.25, 0.3) is 0 Å². The largest absolute Gasteiger partial charge is 0.341 e. The molecule has 6 nitrogen and oxygen atoms in total. The van der Waals surface area contributed by atoms with Crippen molar-refractivity contribution < 1.29 is 9.59 Å². The molecule has 1 spiro atoms. The lowest BCUT2D eigenvalue weighted by Crippen LogP contribution is -2.53. The van der Waals surface area contributed by atoms with E-state index in [1.165, 1.54) is 0 Å². The van der Waals surface area contributed by atoms with Gasteiger partial charge in [-0.25, -0.2) is 0 Å². The fourth-order valence-corrected chi connectivity index (χ4v) is 4.52. The number of hydrogen-bond acceptors (Lipinski definition) is 3. The van der Waals surface area contributed by atoms with Crippen LogP contribution in [0.15, 0.2) is 42.6 Å². The second-order valence-electron chi connectivity index (χ2n) is 7.80. The molecule has 2 amide bonds. The Morgan fingerprint density at radius 3 is 2.52 bits per heavy atom. The molecule has 0 saturated carbocycles. The van der Waals surface area contributed by atoms with Gasteiger partial charge in [-0.2, -0.15) is 5.10 Å². The number of hydrogen-bond donors (Lipinski definition) is 0. The van der Waals surface area contributed by atoms with E-state index >= 15 is 0 Å². The lowest BCUT2D eigenvalue weighted by Gasteiger charge is -2.43. The summed E-state index contributed by atoms with van der Waals surface area (Å²) >= 11 is 0. The van der Waals surface area contributed by atoms with Crippen LogP contribution in [0.3, 0.4) is 0 Å². The lowest BCUT2D eigenvalue weighted by atomic mass is 9.81. The van der Waals surface area contributed by atoms with E-state index in [1.807, 2.05) is 60.2 Å². The van der Waals surface area contributed by atoms with E-state index < -0.39 is 0 Å². The highest BCUT2D eigenvalue weighted by Crippen LogP contribution is 2.44. The molecule has 0 bridgehead atoms. The molecule has 27 heavy (non-hydrogen) atoms. The smallest absolute Gasteiger partial charge is 0.244 e. The van der Waals surface area contributed by atoms with Crippen LogP contribution >= 0.6 is 0 Å². The standard InChI is InChI=1S/C21H26N4O2/c1-16-8-11-22-25(16)15-19(26)24-12-9-21(10-13-24)14-18(20(27)23(21)2)17-6-4-3-5-7-17/h3-8,11,18H,9-10,12-15H2,1-2H3/t18-/m1/s1. The number of carbonyl (C=O) groups is 2. The van der Waals surface area contributed by atoms with Gasteiger partial charge in [0.1, 0.15) is 6.54 Å². The van der Waals surface area contributed by atoms with Crippen LogP contribution in [0.2, 0.25) is 0 Å². The summed E-state index contributed by atoms with van der Waals surface area (Å²) in [5.74, 6) is 0.238. The number of piperidine rings is 1. The van der Waals surface area contributed by atoms with Gasteiger partial charge in [0.2, 0.25) is 11.8 Å². The van der Waals surface area contributed by atoms with Crippen molar-refractivity contribution in [2.45, 2.75) is 44.2 Å². The highest BCUT2D eigenvalue weighted by atomic mass is 16.2. The van der Waals surface area contributed by atoms with Gasteiger partial charge in [-0.3, -0.25) is 14.3 Å². The molecular weight excluding hydrogens is 340 g/mol. The summed E-state index contributed by atoms with van der Waals surface area (Å²) in [4.78, 5) is 29.4. The summed E-state index contributed by atoms with van der Waals surface area (Å²) in [5, 5.41) is 4.20. The summed E-state index contributed by atoms with van der Waals surface area (Å²) < 4.78 is 1.74. The molecule has 2 saturated heterocycles. The molecule has 0 N–H and O–H groups in total. The number of nitrogens with zero attached hydrogens (tertiary/aromatic N) is 4. The number of likely N-dealkylation sites (tertiary alicyclic amines) is 2. The van der Waals surface area contributed by atoms with Crippen molar-refractivity contribution in [3.8, 4) is 0 Å². The topological polar surface area (TPSA) is 58.4 Å². The van der Waals surface area contributed by atoms with E-state index in [0.717, 1.165) is 30.5 Å². The number of aryl methyl sites for hydroxylation is 1. The molecule has 142 valence electrons. The molecule has 2 aliphatic rings. The molecule has 6 heteroatoms. The number of likely N-dealkylation sites (N-methyl/N-ethyl adjacent to an activating group) is 1. The zero-order valence-corrected chi connectivity index (χ0v) is 16.0. The first-order valence-corrected chi connectivity index (χ1v) is 9.59. The third-order valence-electron chi connectivity index (χ3n) is 6.39. The summed E-state index contributed by atoms with van der Waals surface area (Å²) in [5.41, 5.74) is 1.96. The number of carbonyl (C=O) groups excluding carboxylic acids is 2. The SMILES string of the molecule is Cc1ccnn1CC(=O)N1CCC2(CC1)C[C@H](c1ccccc1)C(=O)N2C. The van der Waals surface area contributed by atoms with Gasteiger partial charge in [-0.05, 0) is 37.8 Å². The maximum atomic E-state index is 12.9. The van der Waals surface area contributed by atoms with E-state index in [-0.39, 0.29) is 29.8 Å². The van der Waals surface area contributed by atoms with Gasteiger partial charge in [0.25, 0.3) is 0 Å². The summed E-state index contributed by atoms with van der Waals surface area (Å²) in [6.07, 6.45) is 4.23. The van der Waals surface area contributed by atoms with E-state index in [1.54, 1.807) is 10.9 Å². The van der Waals surface area contributed by atoms with Gasteiger partial charge in [-0.15, -0.1) is 0 Å². The Bertz CT molecular complexity index is 837. The first kappa shape index (κ1) is 17.8. The van der Waals surface area contributed by atoms with Crippen LogP contribution in [-0.4, -0.2) is 57.1 Å². The quantitative estimate of drug-likeness (QED) is 0.837. The molecule has 0 unspecified atom stereocenters. The summed E-state index contributed by atoms with van der Waals surface area (Å²) in [7, 11) is 1.93. The minimum absolute atomic E-state index is 0.0647. The fourth-order valence-electron chi connectivity index (χ4n) is 4.52. The van der Waals surface area contributed by atoms with Crippen LogP contribution in [0.1, 0.15) is 36.4 Å². The maximum absolute atomic E-state index is 12.9. The molecule has 0 aliphatic carbocycles. The Hall–Kier alpha value is -2.63.